The zero-order valence-corrected chi connectivity index (χ0v) is 23.5. The maximum atomic E-state index is 12.9. The molecule has 5 rings (SSSR count). The molecule has 5 atom stereocenters. The van der Waals surface area contributed by atoms with Crippen molar-refractivity contribution in [2.75, 3.05) is 30.8 Å². The van der Waals surface area contributed by atoms with Gasteiger partial charge in [0.2, 0.25) is 0 Å². The Morgan fingerprint density at radius 1 is 1.18 bits per heavy atom. The summed E-state index contributed by atoms with van der Waals surface area (Å²) in [5.74, 6) is 1.03. The standard InChI is InChI=1S/C31H43N5O3/c1-4-5-6-10-25-28(38-3)17-22(19-33-25)24-14-15-32-31(35-24)36-26-18-23(13-12-20(26)2)34-30(37)29-16-21-9-7-8-11-27(21)39-29/h7-9,11-13,18,22,25,28-29,31-33,36H,4-6,10,14-17,19H2,1-3H3,(H,34,37). The quantitative estimate of drug-likeness (QED) is 0.333. The van der Waals surface area contributed by atoms with Gasteiger partial charge in [0.15, 0.2) is 12.4 Å². The molecule has 0 radical (unpaired) electrons. The van der Waals surface area contributed by atoms with E-state index in [0.717, 1.165) is 54.2 Å². The number of aryl methyl sites for hydroxylation is 1. The first kappa shape index (κ1) is 27.6. The molecule has 0 saturated carbocycles. The smallest absolute Gasteiger partial charge is 0.265 e. The summed E-state index contributed by atoms with van der Waals surface area (Å²) in [5, 5.41) is 13.8. The molecule has 0 bridgehead atoms. The summed E-state index contributed by atoms with van der Waals surface area (Å²) >= 11 is 0. The van der Waals surface area contributed by atoms with E-state index < -0.39 is 6.10 Å². The third-order valence-electron chi connectivity index (χ3n) is 8.24. The summed E-state index contributed by atoms with van der Waals surface area (Å²) in [4.78, 5) is 18.0. The van der Waals surface area contributed by atoms with E-state index in [9.17, 15) is 4.79 Å². The van der Waals surface area contributed by atoms with Gasteiger partial charge in [-0.25, -0.2) is 0 Å². The third kappa shape index (κ3) is 6.80. The van der Waals surface area contributed by atoms with Crippen molar-refractivity contribution in [1.29, 1.82) is 0 Å². The van der Waals surface area contributed by atoms with Gasteiger partial charge in [-0.3, -0.25) is 15.1 Å². The summed E-state index contributed by atoms with van der Waals surface area (Å²) in [6, 6.07) is 14.2. The highest BCUT2D eigenvalue weighted by molar-refractivity contribution is 5.95. The molecule has 0 aromatic heterocycles. The van der Waals surface area contributed by atoms with Crippen LogP contribution in [0.4, 0.5) is 11.4 Å². The summed E-state index contributed by atoms with van der Waals surface area (Å²) < 4.78 is 11.8. The third-order valence-corrected chi connectivity index (χ3v) is 8.24. The maximum absolute atomic E-state index is 12.9. The minimum atomic E-state index is -0.515. The molecule has 5 unspecified atom stereocenters. The van der Waals surface area contributed by atoms with Crippen LogP contribution in [0.5, 0.6) is 5.75 Å². The maximum Gasteiger partial charge on any atom is 0.265 e. The Hall–Kier alpha value is -2.94. The molecular weight excluding hydrogens is 490 g/mol. The first-order valence-corrected chi connectivity index (χ1v) is 14.5. The highest BCUT2D eigenvalue weighted by atomic mass is 16.5. The molecule has 8 nitrogen and oxygen atoms in total. The number of para-hydroxylation sites is 1. The number of amides is 1. The Morgan fingerprint density at radius 3 is 2.87 bits per heavy atom. The first-order valence-electron chi connectivity index (χ1n) is 14.5. The number of hydrogen-bond donors (Lipinski definition) is 4. The summed E-state index contributed by atoms with van der Waals surface area (Å²) in [5.41, 5.74) is 5.08. The Balaban J connectivity index is 1.19. The SMILES string of the molecule is CCCCCC1NCC(C2=NC(Nc3cc(NC(=O)C4Cc5ccccc5O4)ccc3C)NCC2)CC1OC. The van der Waals surface area contributed by atoms with E-state index in [4.69, 9.17) is 14.5 Å². The molecule has 39 heavy (non-hydrogen) atoms. The van der Waals surface area contributed by atoms with Crippen LogP contribution in [0.25, 0.3) is 0 Å². The summed E-state index contributed by atoms with van der Waals surface area (Å²) in [7, 11) is 1.84. The number of anilines is 2. The molecule has 3 heterocycles. The van der Waals surface area contributed by atoms with Gasteiger partial charge in [0.1, 0.15) is 5.75 Å². The number of unbranched alkanes of at least 4 members (excludes halogenated alkanes) is 2. The van der Waals surface area contributed by atoms with E-state index in [-0.39, 0.29) is 18.3 Å². The summed E-state index contributed by atoms with van der Waals surface area (Å²) in [6.07, 6.45) is 6.97. The zero-order valence-electron chi connectivity index (χ0n) is 23.5. The van der Waals surface area contributed by atoms with Crippen LogP contribution in [0.2, 0.25) is 0 Å². The van der Waals surface area contributed by atoms with Gasteiger partial charge in [0, 0.05) is 55.7 Å². The molecule has 4 N–H and O–H groups in total. The largest absolute Gasteiger partial charge is 0.480 e. The Morgan fingerprint density at radius 2 is 2.05 bits per heavy atom. The van der Waals surface area contributed by atoms with Crippen molar-refractivity contribution in [1.82, 2.24) is 10.6 Å². The fraction of sp³-hybridized carbons (Fsp3) is 0.548. The lowest BCUT2D eigenvalue weighted by molar-refractivity contribution is -0.122. The molecule has 210 valence electrons. The molecule has 0 aliphatic carbocycles. The molecule has 1 saturated heterocycles. The van der Waals surface area contributed by atoms with Gasteiger partial charge in [-0.05, 0) is 55.5 Å². The van der Waals surface area contributed by atoms with Crippen LogP contribution in [-0.2, 0) is 16.0 Å². The number of carbonyl (C=O) groups is 1. The highest BCUT2D eigenvalue weighted by Crippen LogP contribution is 2.30. The van der Waals surface area contributed by atoms with Gasteiger partial charge >= 0.3 is 0 Å². The lowest BCUT2D eigenvalue weighted by Crippen LogP contribution is -2.52. The number of methoxy groups -OCH3 is 1. The van der Waals surface area contributed by atoms with Crippen LogP contribution in [0.3, 0.4) is 0 Å². The van der Waals surface area contributed by atoms with Crippen molar-refractivity contribution in [3.05, 3.63) is 53.6 Å². The van der Waals surface area contributed by atoms with Gasteiger partial charge in [-0.15, -0.1) is 0 Å². The lowest BCUT2D eigenvalue weighted by Gasteiger charge is -2.38. The Kier molecular flexibility index (Phi) is 9.17. The predicted octanol–water partition coefficient (Wildman–Crippen LogP) is 4.64. The van der Waals surface area contributed by atoms with E-state index in [0.29, 0.717) is 18.4 Å². The minimum absolute atomic E-state index is 0.136. The van der Waals surface area contributed by atoms with Crippen LogP contribution in [0.15, 0.2) is 47.5 Å². The van der Waals surface area contributed by atoms with Crippen molar-refractivity contribution in [2.45, 2.75) is 83.3 Å². The Bertz CT molecular complexity index is 1140. The fourth-order valence-electron chi connectivity index (χ4n) is 5.93. The van der Waals surface area contributed by atoms with Crippen molar-refractivity contribution < 1.29 is 14.3 Å². The normalized spacial score (nSPS) is 26.3. The number of benzene rings is 2. The second-order valence-electron chi connectivity index (χ2n) is 11.0. The van der Waals surface area contributed by atoms with Crippen LogP contribution in [0.1, 0.15) is 56.6 Å². The van der Waals surface area contributed by atoms with Crippen molar-refractivity contribution in [2.24, 2.45) is 10.9 Å². The molecule has 2 aromatic carbocycles. The monoisotopic (exact) mass is 533 g/mol. The molecule has 1 fully saturated rings. The number of piperidine rings is 1. The molecule has 3 aliphatic rings. The number of hydrogen-bond acceptors (Lipinski definition) is 7. The number of aliphatic imine (C=N–C) groups is 1. The van der Waals surface area contributed by atoms with Crippen molar-refractivity contribution >= 4 is 23.0 Å². The van der Waals surface area contributed by atoms with Crippen LogP contribution in [0, 0.1) is 12.8 Å². The molecule has 0 spiro atoms. The topological polar surface area (TPSA) is 96.0 Å². The second kappa shape index (κ2) is 12.9. The molecule has 3 aliphatic heterocycles. The van der Waals surface area contributed by atoms with Gasteiger partial charge in [-0.2, -0.15) is 0 Å². The van der Waals surface area contributed by atoms with Crippen LogP contribution >= 0.6 is 0 Å². The molecule has 2 aromatic rings. The van der Waals surface area contributed by atoms with Crippen LogP contribution < -0.4 is 26.0 Å². The van der Waals surface area contributed by atoms with Crippen molar-refractivity contribution in [3.63, 3.8) is 0 Å². The predicted molar refractivity (Wildman–Crippen MR) is 157 cm³/mol. The number of carbonyl (C=O) groups excluding carboxylic acids is 1. The van der Waals surface area contributed by atoms with E-state index in [1.807, 2.05) is 49.6 Å². The lowest BCUT2D eigenvalue weighted by atomic mass is 9.85. The first-order chi connectivity index (χ1) is 19.0. The molecule has 8 heteroatoms. The second-order valence-corrected chi connectivity index (χ2v) is 11.0. The minimum Gasteiger partial charge on any atom is -0.480 e. The number of nitrogens with one attached hydrogen (secondary N) is 4. The average Bonchev–Trinajstić information content (AvgIpc) is 3.40. The van der Waals surface area contributed by atoms with Crippen LogP contribution in [-0.4, -0.2) is 56.4 Å². The number of ether oxygens (including phenoxy) is 2. The zero-order chi connectivity index (χ0) is 27.2. The number of fused-ring (bicyclic) bond motifs is 1. The number of nitrogens with zero attached hydrogens (tertiary/aromatic N) is 1. The van der Waals surface area contributed by atoms with E-state index in [1.54, 1.807) is 0 Å². The fourth-order valence-corrected chi connectivity index (χ4v) is 5.93. The van der Waals surface area contributed by atoms with Gasteiger partial charge in [0.25, 0.3) is 5.91 Å². The average molecular weight is 534 g/mol. The number of rotatable bonds is 10. The molecule has 1 amide bonds. The highest BCUT2D eigenvalue weighted by Gasteiger charge is 2.33. The van der Waals surface area contributed by atoms with E-state index >= 15 is 0 Å². The van der Waals surface area contributed by atoms with E-state index in [1.165, 1.54) is 31.4 Å². The van der Waals surface area contributed by atoms with Gasteiger partial charge < -0.3 is 25.4 Å². The van der Waals surface area contributed by atoms with E-state index in [2.05, 4.69) is 35.1 Å². The summed E-state index contributed by atoms with van der Waals surface area (Å²) in [6.45, 7) is 6.14. The van der Waals surface area contributed by atoms with Gasteiger partial charge in [-0.1, -0.05) is 50.5 Å². The van der Waals surface area contributed by atoms with Gasteiger partial charge in [0.05, 0.1) is 6.10 Å². The van der Waals surface area contributed by atoms with Crippen molar-refractivity contribution in [3.8, 4) is 5.75 Å². The Labute approximate surface area is 232 Å². The molecular formula is C31H43N5O3.